The minimum Gasteiger partial charge on any atom is -0.497 e. The predicted octanol–water partition coefficient (Wildman–Crippen LogP) is 4.82. The van der Waals surface area contributed by atoms with Crippen molar-refractivity contribution in [3.63, 3.8) is 0 Å². The topological polar surface area (TPSA) is 29.5 Å². The van der Waals surface area contributed by atoms with Gasteiger partial charge in [-0.1, -0.05) is 12.1 Å². The van der Waals surface area contributed by atoms with Crippen molar-refractivity contribution in [2.75, 3.05) is 13.7 Å². The normalized spacial score (nSPS) is 16.1. The summed E-state index contributed by atoms with van der Waals surface area (Å²) < 4.78 is 32.7. The van der Waals surface area contributed by atoms with E-state index in [1.165, 1.54) is 10.9 Å². The maximum atomic E-state index is 14.2. The summed E-state index contributed by atoms with van der Waals surface area (Å²) in [5.74, 6) is -1.26. The summed E-state index contributed by atoms with van der Waals surface area (Å²) in [4.78, 5) is 16.0. The van der Waals surface area contributed by atoms with E-state index >= 15 is 0 Å². The number of fused-ring (bicyclic) bond motifs is 1. The summed E-state index contributed by atoms with van der Waals surface area (Å²) in [5, 5.41) is 2.01. The van der Waals surface area contributed by atoms with Gasteiger partial charge in [0.05, 0.1) is 18.7 Å². The molecule has 1 atom stereocenters. The van der Waals surface area contributed by atoms with Crippen LogP contribution in [0.1, 0.15) is 32.4 Å². The Morgan fingerprint density at radius 2 is 1.93 bits per heavy atom. The zero-order valence-electron chi connectivity index (χ0n) is 14.6. The molecule has 4 rings (SSSR count). The molecule has 1 unspecified atom stereocenters. The highest BCUT2D eigenvalue weighted by atomic mass is 32.1. The number of thiophene rings is 1. The summed E-state index contributed by atoms with van der Waals surface area (Å²) in [5.41, 5.74) is 1.85. The van der Waals surface area contributed by atoms with E-state index in [9.17, 15) is 13.6 Å². The van der Waals surface area contributed by atoms with Crippen molar-refractivity contribution in [2.45, 2.75) is 12.5 Å². The molecule has 0 N–H and O–H groups in total. The zero-order valence-corrected chi connectivity index (χ0v) is 15.4. The number of carbonyl (C=O) groups is 1. The van der Waals surface area contributed by atoms with E-state index in [0.717, 1.165) is 29.0 Å². The largest absolute Gasteiger partial charge is 0.497 e. The van der Waals surface area contributed by atoms with Crippen LogP contribution in [-0.4, -0.2) is 24.5 Å². The van der Waals surface area contributed by atoms with Gasteiger partial charge in [0.1, 0.15) is 17.4 Å². The van der Waals surface area contributed by atoms with E-state index in [0.29, 0.717) is 13.0 Å². The second kappa shape index (κ2) is 7.12. The van der Waals surface area contributed by atoms with Crippen LogP contribution in [-0.2, 0) is 6.42 Å². The Morgan fingerprint density at radius 1 is 1.15 bits per heavy atom. The highest BCUT2D eigenvalue weighted by Gasteiger charge is 2.34. The Labute approximate surface area is 159 Å². The summed E-state index contributed by atoms with van der Waals surface area (Å²) in [7, 11) is 1.60. The van der Waals surface area contributed by atoms with Crippen LogP contribution >= 0.6 is 11.3 Å². The molecular weight excluding hydrogens is 368 g/mol. The molecule has 0 radical (unpaired) electrons. The Morgan fingerprint density at radius 3 is 2.63 bits per heavy atom. The quantitative estimate of drug-likeness (QED) is 0.647. The van der Waals surface area contributed by atoms with E-state index in [-0.39, 0.29) is 11.6 Å². The summed E-state index contributed by atoms with van der Waals surface area (Å²) in [6.45, 7) is 0.472. The standard InChI is InChI=1S/C21H17F2NO2S/c1-26-15-5-2-13(3-6-15)20-17-9-11-27-19(17)8-10-24(20)21(25)16-7-4-14(22)12-18(16)23/h2-7,9,11-12,20H,8,10H2,1H3. The van der Waals surface area contributed by atoms with Crippen molar-refractivity contribution in [3.05, 3.63) is 87.1 Å². The minimum absolute atomic E-state index is 0.117. The van der Waals surface area contributed by atoms with Gasteiger partial charge in [-0.25, -0.2) is 8.78 Å². The van der Waals surface area contributed by atoms with Crippen molar-refractivity contribution in [1.82, 2.24) is 4.90 Å². The van der Waals surface area contributed by atoms with E-state index < -0.39 is 17.5 Å². The van der Waals surface area contributed by atoms with Crippen molar-refractivity contribution < 1.29 is 18.3 Å². The van der Waals surface area contributed by atoms with Gasteiger partial charge in [0.15, 0.2) is 0 Å². The minimum atomic E-state index is -0.843. The third-order valence-electron chi connectivity index (χ3n) is 4.82. The smallest absolute Gasteiger partial charge is 0.257 e. The molecule has 2 aromatic carbocycles. The molecule has 0 aliphatic carbocycles. The highest BCUT2D eigenvalue weighted by Crippen LogP contribution is 2.39. The molecule has 1 aromatic heterocycles. The SMILES string of the molecule is COc1ccc(C2c3ccsc3CCN2C(=O)c2ccc(F)cc2F)cc1. The fraction of sp³-hybridized carbons (Fsp3) is 0.190. The number of methoxy groups -OCH3 is 1. The van der Waals surface area contributed by atoms with Crippen molar-refractivity contribution in [1.29, 1.82) is 0 Å². The Kier molecular flexibility index (Phi) is 4.66. The Bertz CT molecular complexity index is 984. The lowest BCUT2D eigenvalue weighted by molar-refractivity contribution is 0.0691. The lowest BCUT2D eigenvalue weighted by atomic mass is 9.92. The average Bonchev–Trinajstić information content (AvgIpc) is 3.15. The van der Waals surface area contributed by atoms with Crippen LogP contribution in [0.5, 0.6) is 5.75 Å². The maximum Gasteiger partial charge on any atom is 0.257 e. The van der Waals surface area contributed by atoms with Gasteiger partial charge in [0.2, 0.25) is 0 Å². The van der Waals surface area contributed by atoms with Crippen molar-refractivity contribution >= 4 is 17.2 Å². The fourth-order valence-corrected chi connectivity index (χ4v) is 4.40. The third-order valence-corrected chi connectivity index (χ3v) is 5.82. The molecule has 138 valence electrons. The number of carbonyl (C=O) groups excluding carboxylic acids is 1. The van der Waals surface area contributed by atoms with E-state index in [1.54, 1.807) is 23.3 Å². The molecule has 2 heterocycles. The van der Waals surface area contributed by atoms with Crippen molar-refractivity contribution in [3.8, 4) is 5.75 Å². The van der Waals surface area contributed by atoms with Crippen LogP contribution in [0.25, 0.3) is 0 Å². The molecule has 0 saturated carbocycles. The zero-order chi connectivity index (χ0) is 19.0. The summed E-state index contributed by atoms with van der Waals surface area (Å²) in [6, 6.07) is 12.3. The molecular formula is C21H17F2NO2S. The molecule has 1 aliphatic heterocycles. The van der Waals surface area contributed by atoms with E-state index in [1.807, 2.05) is 35.7 Å². The summed E-state index contributed by atoms with van der Waals surface area (Å²) in [6.07, 6.45) is 0.716. The molecule has 27 heavy (non-hydrogen) atoms. The van der Waals surface area contributed by atoms with Crippen molar-refractivity contribution in [2.24, 2.45) is 0 Å². The maximum absolute atomic E-state index is 14.2. The van der Waals surface area contributed by atoms with Gasteiger partial charge in [-0.05, 0) is 53.3 Å². The van der Waals surface area contributed by atoms with Gasteiger partial charge in [-0.2, -0.15) is 0 Å². The second-order valence-electron chi connectivity index (χ2n) is 6.35. The first kappa shape index (κ1) is 17.7. The lowest BCUT2D eigenvalue weighted by Gasteiger charge is -2.36. The monoisotopic (exact) mass is 385 g/mol. The second-order valence-corrected chi connectivity index (χ2v) is 7.35. The number of amides is 1. The average molecular weight is 385 g/mol. The van der Waals surface area contributed by atoms with Gasteiger partial charge >= 0.3 is 0 Å². The van der Waals surface area contributed by atoms with Crippen LogP contribution in [0.3, 0.4) is 0 Å². The number of rotatable bonds is 3. The number of benzene rings is 2. The molecule has 0 fully saturated rings. The first-order valence-corrected chi connectivity index (χ1v) is 9.42. The molecule has 1 aliphatic rings. The van der Waals surface area contributed by atoms with Gasteiger partial charge in [0.25, 0.3) is 5.91 Å². The Hall–Kier alpha value is -2.73. The molecule has 0 saturated heterocycles. The molecule has 3 nitrogen and oxygen atoms in total. The first-order chi connectivity index (χ1) is 13.1. The number of hydrogen-bond donors (Lipinski definition) is 0. The number of ether oxygens (including phenoxy) is 1. The molecule has 0 spiro atoms. The number of halogens is 2. The summed E-state index contributed by atoms with van der Waals surface area (Å²) >= 11 is 1.66. The number of nitrogens with zero attached hydrogens (tertiary/aromatic N) is 1. The Balaban J connectivity index is 1.77. The molecule has 0 bridgehead atoms. The molecule has 1 amide bonds. The van der Waals surface area contributed by atoms with Crippen LogP contribution < -0.4 is 4.74 Å². The van der Waals surface area contributed by atoms with Gasteiger partial charge in [-0.3, -0.25) is 4.79 Å². The van der Waals surface area contributed by atoms with Gasteiger partial charge < -0.3 is 9.64 Å². The fourth-order valence-electron chi connectivity index (χ4n) is 3.50. The van der Waals surface area contributed by atoms with E-state index in [2.05, 4.69) is 0 Å². The van der Waals surface area contributed by atoms with Crippen LogP contribution in [0.15, 0.2) is 53.9 Å². The van der Waals surface area contributed by atoms with Crippen LogP contribution in [0.2, 0.25) is 0 Å². The van der Waals surface area contributed by atoms with Crippen LogP contribution in [0.4, 0.5) is 8.78 Å². The first-order valence-electron chi connectivity index (χ1n) is 8.54. The third kappa shape index (κ3) is 3.21. The lowest BCUT2D eigenvalue weighted by Crippen LogP contribution is -2.40. The molecule has 3 aromatic rings. The predicted molar refractivity (Wildman–Crippen MR) is 100 cm³/mol. The van der Waals surface area contributed by atoms with Gasteiger partial charge in [0, 0.05) is 17.5 Å². The number of hydrogen-bond acceptors (Lipinski definition) is 3. The van der Waals surface area contributed by atoms with Gasteiger partial charge in [-0.15, -0.1) is 11.3 Å². The highest BCUT2D eigenvalue weighted by molar-refractivity contribution is 7.10. The van der Waals surface area contributed by atoms with E-state index in [4.69, 9.17) is 4.74 Å². The molecule has 6 heteroatoms. The van der Waals surface area contributed by atoms with Crippen LogP contribution in [0, 0.1) is 11.6 Å².